The van der Waals surface area contributed by atoms with Gasteiger partial charge in [-0.25, -0.2) is 0 Å². The van der Waals surface area contributed by atoms with E-state index in [1.165, 1.54) is 12.8 Å². The minimum atomic E-state index is 0.282. The van der Waals surface area contributed by atoms with Crippen molar-refractivity contribution in [1.82, 2.24) is 4.98 Å². The molecule has 0 bridgehead atoms. The summed E-state index contributed by atoms with van der Waals surface area (Å²) in [4.78, 5) is 4.26. The van der Waals surface area contributed by atoms with E-state index in [4.69, 9.17) is 15.2 Å². The fourth-order valence-electron chi connectivity index (χ4n) is 1.90. The number of ether oxygens (including phenoxy) is 2. The lowest BCUT2D eigenvalue weighted by atomic mass is 10.2. The van der Waals surface area contributed by atoms with Gasteiger partial charge in [0.15, 0.2) is 6.79 Å². The number of fused-ring (bicyclic) bond motifs is 1. The van der Waals surface area contributed by atoms with Crippen LogP contribution in [-0.4, -0.2) is 18.4 Å². The number of nitrogens with two attached hydrogens (primary N) is 1. The van der Waals surface area contributed by atoms with Gasteiger partial charge in [0.2, 0.25) is 0 Å². The standard InChI is InChI=1S/C14H16N2O2/c15-12-5-6-13(11-2-1-7-16-14(11)12)18-9-17-8-10-3-4-10/h1-2,5-7,10H,3-4,8-9,15H2. The first-order chi connectivity index (χ1) is 8.84. The Morgan fingerprint density at radius 3 is 3.00 bits per heavy atom. The number of pyridine rings is 1. The van der Waals surface area contributed by atoms with Gasteiger partial charge >= 0.3 is 0 Å². The van der Waals surface area contributed by atoms with Crippen molar-refractivity contribution < 1.29 is 9.47 Å². The molecule has 3 rings (SSSR count). The maximum absolute atomic E-state index is 5.88. The number of benzene rings is 1. The minimum absolute atomic E-state index is 0.282. The van der Waals surface area contributed by atoms with E-state index in [0.717, 1.165) is 29.2 Å². The molecule has 1 aromatic carbocycles. The maximum atomic E-state index is 5.88. The molecule has 0 saturated heterocycles. The molecule has 1 fully saturated rings. The highest BCUT2D eigenvalue weighted by molar-refractivity contribution is 5.93. The smallest absolute Gasteiger partial charge is 0.189 e. The molecular weight excluding hydrogens is 228 g/mol. The summed E-state index contributed by atoms with van der Waals surface area (Å²) in [6.07, 6.45) is 4.30. The fourth-order valence-corrected chi connectivity index (χ4v) is 1.90. The average molecular weight is 244 g/mol. The van der Waals surface area contributed by atoms with E-state index in [0.29, 0.717) is 5.69 Å². The summed E-state index contributed by atoms with van der Waals surface area (Å²) in [5.74, 6) is 1.52. The zero-order valence-electron chi connectivity index (χ0n) is 10.1. The van der Waals surface area contributed by atoms with E-state index in [1.54, 1.807) is 6.20 Å². The zero-order chi connectivity index (χ0) is 12.4. The van der Waals surface area contributed by atoms with Gasteiger partial charge in [0.25, 0.3) is 0 Å². The van der Waals surface area contributed by atoms with Crippen LogP contribution in [-0.2, 0) is 4.74 Å². The summed E-state index contributed by atoms with van der Waals surface area (Å²) in [5.41, 5.74) is 7.32. The third-order valence-electron chi connectivity index (χ3n) is 3.11. The predicted octanol–water partition coefficient (Wildman–Crippen LogP) is 2.58. The van der Waals surface area contributed by atoms with Crippen LogP contribution in [0.2, 0.25) is 0 Å². The van der Waals surface area contributed by atoms with E-state index in [-0.39, 0.29) is 6.79 Å². The Kier molecular flexibility index (Phi) is 3.02. The van der Waals surface area contributed by atoms with Crippen molar-refractivity contribution >= 4 is 16.6 Å². The minimum Gasteiger partial charge on any atom is -0.467 e. The third kappa shape index (κ3) is 2.38. The monoisotopic (exact) mass is 244 g/mol. The highest BCUT2D eigenvalue weighted by atomic mass is 16.7. The van der Waals surface area contributed by atoms with Crippen LogP contribution in [0.25, 0.3) is 10.9 Å². The Balaban J connectivity index is 1.72. The molecule has 0 atom stereocenters. The van der Waals surface area contributed by atoms with Crippen LogP contribution >= 0.6 is 0 Å². The molecule has 0 spiro atoms. The molecule has 0 unspecified atom stereocenters. The normalized spacial score (nSPS) is 14.9. The number of hydrogen-bond acceptors (Lipinski definition) is 4. The van der Waals surface area contributed by atoms with Crippen molar-refractivity contribution in [2.75, 3.05) is 19.1 Å². The second-order valence-electron chi connectivity index (χ2n) is 4.63. The number of nitrogen functional groups attached to an aromatic ring is 1. The lowest BCUT2D eigenvalue weighted by molar-refractivity contribution is 0.0108. The molecule has 1 aliphatic carbocycles. The highest BCUT2D eigenvalue weighted by Crippen LogP contribution is 2.30. The van der Waals surface area contributed by atoms with E-state index in [9.17, 15) is 0 Å². The zero-order valence-corrected chi connectivity index (χ0v) is 10.1. The Bertz CT molecular complexity index is 552. The topological polar surface area (TPSA) is 57.4 Å². The molecule has 4 heteroatoms. The average Bonchev–Trinajstić information content (AvgIpc) is 3.21. The molecule has 18 heavy (non-hydrogen) atoms. The van der Waals surface area contributed by atoms with Crippen LogP contribution in [0, 0.1) is 5.92 Å². The van der Waals surface area contributed by atoms with Crippen LogP contribution in [0.1, 0.15) is 12.8 Å². The largest absolute Gasteiger partial charge is 0.467 e. The van der Waals surface area contributed by atoms with E-state index in [2.05, 4.69) is 4.98 Å². The molecule has 1 aliphatic rings. The van der Waals surface area contributed by atoms with Crippen molar-refractivity contribution in [2.24, 2.45) is 5.92 Å². The summed E-state index contributed by atoms with van der Waals surface area (Å²) in [6, 6.07) is 7.50. The molecule has 0 radical (unpaired) electrons. The SMILES string of the molecule is Nc1ccc(OCOCC2CC2)c2cccnc12. The maximum Gasteiger partial charge on any atom is 0.189 e. The summed E-state index contributed by atoms with van der Waals surface area (Å²) < 4.78 is 11.1. The lowest BCUT2D eigenvalue weighted by Gasteiger charge is -2.10. The molecule has 0 aliphatic heterocycles. The van der Waals surface area contributed by atoms with Crippen molar-refractivity contribution in [2.45, 2.75) is 12.8 Å². The lowest BCUT2D eigenvalue weighted by Crippen LogP contribution is -2.05. The Morgan fingerprint density at radius 1 is 1.28 bits per heavy atom. The van der Waals surface area contributed by atoms with Gasteiger partial charge in [-0.15, -0.1) is 0 Å². The second kappa shape index (κ2) is 4.82. The first-order valence-electron chi connectivity index (χ1n) is 6.18. The van der Waals surface area contributed by atoms with Crippen LogP contribution in [0.5, 0.6) is 5.75 Å². The molecule has 94 valence electrons. The molecule has 2 aromatic rings. The van der Waals surface area contributed by atoms with Crippen molar-refractivity contribution in [3.05, 3.63) is 30.5 Å². The Hall–Kier alpha value is -1.81. The van der Waals surface area contributed by atoms with Crippen LogP contribution < -0.4 is 10.5 Å². The molecule has 2 N–H and O–H groups in total. The first-order valence-corrected chi connectivity index (χ1v) is 6.18. The van der Waals surface area contributed by atoms with Gasteiger partial charge in [-0.3, -0.25) is 4.98 Å². The predicted molar refractivity (Wildman–Crippen MR) is 70.3 cm³/mol. The number of aromatic nitrogens is 1. The summed E-state index contributed by atoms with van der Waals surface area (Å²) >= 11 is 0. The van der Waals surface area contributed by atoms with Crippen LogP contribution in [0.3, 0.4) is 0 Å². The van der Waals surface area contributed by atoms with Gasteiger partial charge in [0.05, 0.1) is 17.8 Å². The van der Waals surface area contributed by atoms with Crippen molar-refractivity contribution in [3.8, 4) is 5.75 Å². The van der Waals surface area contributed by atoms with Crippen LogP contribution in [0.15, 0.2) is 30.5 Å². The summed E-state index contributed by atoms with van der Waals surface area (Å²) in [5, 5.41) is 0.924. The fraction of sp³-hybridized carbons (Fsp3) is 0.357. The quantitative estimate of drug-likeness (QED) is 0.499. The Morgan fingerprint density at radius 2 is 2.17 bits per heavy atom. The number of rotatable bonds is 5. The molecular formula is C14H16N2O2. The van der Waals surface area contributed by atoms with Crippen molar-refractivity contribution in [1.29, 1.82) is 0 Å². The molecule has 1 heterocycles. The van der Waals surface area contributed by atoms with E-state index >= 15 is 0 Å². The molecule has 4 nitrogen and oxygen atoms in total. The molecule has 1 aromatic heterocycles. The molecule has 0 amide bonds. The van der Waals surface area contributed by atoms with Crippen molar-refractivity contribution in [3.63, 3.8) is 0 Å². The number of nitrogens with zero attached hydrogens (tertiary/aromatic N) is 1. The van der Waals surface area contributed by atoms with Crippen LogP contribution in [0.4, 0.5) is 5.69 Å². The molecule has 1 saturated carbocycles. The summed E-state index contributed by atoms with van der Waals surface area (Å²) in [7, 11) is 0. The van der Waals surface area contributed by atoms with E-state index < -0.39 is 0 Å². The highest BCUT2D eigenvalue weighted by Gasteiger charge is 2.21. The van der Waals surface area contributed by atoms with Gasteiger partial charge in [0, 0.05) is 11.6 Å². The van der Waals surface area contributed by atoms with Gasteiger partial charge < -0.3 is 15.2 Å². The van der Waals surface area contributed by atoms with Gasteiger partial charge in [-0.05, 0) is 43.0 Å². The van der Waals surface area contributed by atoms with Gasteiger partial charge in [0.1, 0.15) is 5.75 Å². The van der Waals surface area contributed by atoms with Gasteiger partial charge in [-0.1, -0.05) is 0 Å². The second-order valence-corrected chi connectivity index (χ2v) is 4.63. The number of hydrogen-bond donors (Lipinski definition) is 1. The first kappa shape index (κ1) is 11.3. The van der Waals surface area contributed by atoms with Gasteiger partial charge in [-0.2, -0.15) is 0 Å². The van der Waals surface area contributed by atoms with E-state index in [1.807, 2.05) is 24.3 Å². The summed E-state index contributed by atoms with van der Waals surface area (Å²) in [6.45, 7) is 1.08. The Labute approximate surface area is 106 Å². The number of anilines is 1. The third-order valence-corrected chi connectivity index (χ3v) is 3.11.